The Morgan fingerprint density at radius 2 is 2.31 bits per heavy atom. The van der Waals surface area contributed by atoms with Crippen LogP contribution in [0.15, 0.2) is 30.9 Å². The fraction of sp³-hybridized carbons (Fsp3) is 0.182. The maximum absolute atomic E-state index is 13.3. The lowest BCUT2D eigenvalue weighted by Gasteiger charge is -2.06. The summed E-state index contributed by atoms with van der Waals surface area (Å²) in [5.41, 5.74) is 0.120. The Bertz CT molecular complexity index is 396. The quantitative estimate of drug-likeness (QED) is 0.614. The Labute approximate surface area is 98.3 Å². The van der Waals surface area contributed by atoms with Crippen molar-refractivity contribution in [2.45, 2.75) is 0 Å². The second-order valence-electron chi connectivity index (χ2n) is 3.09. The third-order valence-corrected chi connectivity index (χ3v) is 2.01. The number of hydrogen-bond acceptors (Lipinski definition) is 2. The average molecular weight is 243 g/mol. The SMILES string of the molecule is C=CCNCC(=O)Nc1ccc(Cl)cc1F. The summed E-state index contributed by atoms with van der Waals surface area (Å²) in [7, 11) is 0. The van der Waals surface area contributed by atoms with Gasteiger partial charge in [-0.05, 0) is 18.2 Å². The molecule has 0 atom stereocenters. The maximum atomic E-state index is 13.3. The van der Waals surface area contributed by atoms with Gasteiger partial charge in [-0.25, -0.2) is 4.39 Å². The third kappa shape index (κ3) is 4.00. The largest absolute Gasteiger partial charge is 0.322 e. The van der Waals surface area contributed by atoms with Crippen molar-refractivity contribution in [1.29, 1.82) is 0 Å². The van der Waals surface area contributed by atoms with E-state index in [0.29, 0.717) is 11.6 Å². The molecule has 0 aliphatic rings. The maximum Gasteiger partial charge on any atom is 0.238 e. The monoisotopic (exact) mass is 242 g/mol. The summed E-state index contributed by atoms with van der Waals surface area (Å²) in [5.74, 6) is -0.868. The van der Waals surface area contributed by atoms with E-state index in [1.165, 1.54) is 12.1 Å². The van der Waals surface area contributed by atoms with E-state index < -0.39 is 5.82 Å². The molecule has 0 spiro atoms. The first kappa shape index (κ1) is 12.7. The molecule has 1 aromatic rings. The number of anilines is 1. The molecule has 2 N–H and O–H groups in total. The van der Waals surface area contributed by atoms with E-state index in [4.69, 9.17) is 11.6 Å². The Balaban J connectivity index is 2.52. The third-order valence-electron chi connectivity index (χ3n) is 1.78. The van der Waals surface area contributed by atoms with Crippen LogP contribution in [0.4, 0.5) is 10.1 Å². The van der Waals surface area contributed by atoms with Crippen LogP contribution in [0.5, 0.6) is 0 Å². The van der Waals surface area contributed by atoms with Crippen molar-refractivity contribution >= 4 is 23.2 Å². The van der Waals surface area contributed by atoms with E-state index in [1.54, 1.807) is 6.08 Å². The summed E-state index contributed by atoms with van der Waals surface area (Å²) < 4.78 is 13.3. The van der Waals surface area contributed by atoms with E-state index in [-0.39, 0.29) is 18.1 Å². The number of halogens is 2. The fourth-order valence-corrected chi connectivity index (χ4v) is 1.23. The molecular weight excluding hydrogens is 231 g/mol. The van der Waals surface area contributed by atoms with Crippen LogP contribution in [0.25, 0.3) is 0 Å². The van der Waals surface area contributed by atoms with Crippen LogP contribution in [-0.4, -0.2) is 19.0 Å². The first-order chi connectivity index (χ1) is 7.63. The molecule has 1 rings (SSSR count). The summed E-state index contributed by atoms with van der Waals surface area (Å²) >= 11 is 5.58. The van der Waals surface area contributed by atoms with Gasteiger partial charge in [-0.3, -0.25) is 4.79 Å². The molecule has 0 unspecified atom stereocenters. The van der Waals surface area contributed by atoms with Crippen LogP contribution >= 0.6 is 11.6 Å². The van der Waals surface area contributed by atoms with Gasteiger partial charge in [0.05, 0.1) is 12.2 Å². The molecule has 16 heavy (non-hydrogen) atoms. The lowest BCUT2D eigenvalue weighted by atomic mass is 10.3. The van der Waals surface area contributed by atoms with Crippen LogP contribution in [0.1, 0.15) is 0 Å². The minimum atomic E-state index is -0.551. The summed E-state index contributed by atoms with van der Waals surface area (Å²) in [6.45, 7) is 4.13. The smallest absolute Gasteiger partial charge is 0.238 e. The summed E-state index contributed by atoms with van der Waals surface area (Å²) in [4.78, 5) is 11.3. The summed E-state index contributed by atoms with van der Waals surface area (Å²) in [5, 5.41) is 5.53. The highest BCUT2D eigenvalue weighted by molar-refractivity contribution is 6.30. The molecule has 0 saturated heterocycles. The van der Waals surface area contributed by atoms with Crippen molar-refractivity contribution < 1.29 is 9.18 Å². The highest BCUT2D eigenvalue weighted by Crippen LogP contribution is 2.18. The van der Waals surface area contributed by atoms with E-state index in [0.717, 1.165) is 6.07 Å². The molecule has 86 valence electrons. The van der Waals surface area contributed by atoms with Gasteiger partial charge in [-0.1, -0.05) is 17.7 Å². The number of carbonyl (C=O) groups is 1. The van der Waals surface area contributed by atoms with Crippen LogP contribution < -0.4 is 10.6 Å². The topological polar surface area (TPSA) is 41.1 Å². The molecule has 0 aromatic heterocycles. The Kier molecular flexibility index (Phi) is 4.95. The molecule has 0 aliphatic heterocycles. The highest BCUT2D eigenvalue weighted by Gasteiger charge is 2.06. The van der Waals surface area contributed by atoms with E-state index in [2.05, 4.69) is 17.2 Å². The van der Waals surface area contributed by atoms with Crippen molar-refractivity contribution in [3.05, 3.63) is 41.7 Å². The standard InChI is InChI=1S/C11H12ClFN2O/c1-2-5-14-7-11(16)15-10-4-3-8(12)6-9(10)13/h2-4,6,14H,1,5,7H2,(H,15,16). The van der Waals surface area contributed by atoms with Crippen LogP contribution in [0.3, 0.4) is 0 Å². The molecular formula is C11H12ClFN2O. The van der Waals surface area contributed by atoms with Gasteiger partial charge in [0.2, 0.25) is 5.91 Å². The van der Waals surface area contributed by atoms with Crippen molar-refractivity contribution in [2.75, 3.05) is 18.4 Å². The zero-order valence-electron chi connectivity index (χ0n) is 8.59. The zero-order valence-corrected chi connectivity index (χ0v) is 9.35. The number of benzene rings is 1. The van der Waals surface area contributed by atoms with Crippen LogP contribution in [0, 0.1) is 5.82 Å². The van der Waals surface area contributed by atoms with Gasteiger partial charge in [0.1, 0.15) is 5.82 Å². The number of hydrogen-bond donors (Lipinski definition) is 2. The normalized spacial score (nSPS) is 9.88. The molecule has 0 heterocycles. The number of nitrogens with one attached hydrogen (secondary N) is 2. The summed E-state index contributed by atoms with van der Waals surface area (Å²) in [6, 6.07) is 4.08. The second-order valence-corrected chi connectivity index (χ2v) is 3.53. The fourth-order valence-electron chi connectivity index (χ4n) is 1.07. The lowest BCUT2D eigenvalue weighted by molar-refractivity contribution is -0.115. The Morgan fingerprint density at radius 3 is 2.94 bits per heavy atom. The van der Waals surface area contributed by atoms with Gasteiger partial charge in [0.25, 0.3) is 0 Å². The molecule has 0 saturated carbocycles. The zero-order chi connectivity index (χ0) is 12.0. The predicted octanol–water partition coefficient (Wildman–Crippen LogP) is 2.19. The Hall–Kier alpha value is -1.39. The summed E-state index contributed by atoms with van der Waals surface area (Å²) in [6.07, 6.45) is 1.64. The van der Waals surface area contributed by atoms with Crippen molar-refractivity contribution in [1.82, 2.24) is 5.32 Å². The molecule has 3 nitrogen and oxygen atoms in total. The van der Waals surface area contributed by atoms with E-state index >= 15 is 0 Å². The number of amides is 1. The minimum absolute atomic E-state index is 0.105. The molecule has 0 fully saturated rings. The number of rotatable bonds is 5. The van der Waals surface area contributed by atoms with E-state index in [1.807, 2.05) is 0 Å². The second kappa shape index (κ2) is 6.25. The Morgan fingerprint density at radius 1 is 1.56 bits per heavy atom. The molecule has 1 aromatic carbocycles. The number of carbonyl (C=O) groups excluding carboxylic acids is 1. The van der Waals surface area contributed by atoms with Gasteiger partial charge in [-0.15, -0.1) is 6.58 Å². The molecule has 0 aliphatic carbocycles. The van der Waals surface area contributed by atoms with Crippen LogP contribution in [-0.2, 0) is 4.79 Å². The highest BCUT2D eigenvalue weighted by atomic mass is 35.5. The average Bonchev–Trinajstić information content (AvgIpc) is 2.23. The van der Waals surface area contributed by atoms with E-state index in [9.17, 15) is 9.18 Å². The van der Waals surface area contributed by atoms with Gasteiger partial charge in [-0.2, -0.15) is 0 Å². The van der Waals surface area contributed by atoms with Crippen LogP contribution in [0.2, 0.25) is 5.02 Å². The molecule has 5 heteroatoms. The predicted molar refractivity (Wildman–Crippen MR) is 63.1 cm³/mol. The first-order valence-corrected chi connectivity index (χ1v) is 5.08. The lowest BCUT2D eigenvalue weighted by Crippen LogP contribution is -2.28. The van der Waals surface area contributed by atoms with Gasteiger partial charge >= 0.3 is 0 Å². The van der Waals surface area contributed by atoms with Crippen molar-refractivity contribution in [3.63, 3.8) is 0 Å². The van der Waals surface area contributed by atoms with Gasteiger partial charge in [0, 0.05) is 11.6 Å². The van der Waals surface area contributed by atoms with Crippen molar-refractivity contribution in [3.8, 4) is 0 Å². The van der Waals surface area contributed by atoms with Gasteiger partial charge < -0.3 is 10.6 Å². The molecule has 1 amide bonds. The molecule has 0 bridgehead atoms. The van der Waals surface area contributed by atoms with Crippen molar-refractivity contribution in [2.24, 2.45) is 0 Å². The minimum Gasteiger partial charge on any atom is -0.322 e. The first-order valence-electron chi connectivity index (χ1n) is 4.70. The molecule has 0 radical (unpaired) electrons. The van der Waals surface area contributed by atoms with Gasteiger partial charge in [0.15, 0.2) is 0 Å².